The van der Waals surface area contributed by atoms with Gasteiger partial charge in [-0.2, -0.15) is 4.73 Å². The summed E-state index contributed by atoms with van der Waals surface area (Å²) < 4.78 is 0.546. The van der Waals surface area contributed by atoms with Crippen molar-refractivity contribution in [2.75, 3.05) is 0 Å². The van der Waals surface area contributed by atoms with E-state index in [-0.39, 0.29) is 29.5 Å². The molecule has 126 valence electrons. The van der Waals surface area contributed by atoms with E-state index in [1.54, 1.807) is 30.5 Å². The highest BCUT2D eigenvalue weighted by molar-refractivity contribution is 5.93. The quantitative estimate of drug-likeness (QED) is 0.245. The van der Waals surface area contributed by atoms with Crippen LogP contribution in [0.3, 0.4) is 0 Å². The maximum atomic E-state index is 12.6. The first-order chi connectivity index (χ1) is 12.1. The van der Waals surface area contributed by atoms with Crippen LogP contribution in [0.1, 0.15) is 34.1 Å². The first-order valence-corrected chi connectivity index (χ1v) is 7.65. The third-order valence-corrected chi connectivity index (χ3v) is 4.00. The van der Waals surface area contributed by atoms with E-state index in [1.807, 2.05) is 12.1 Å². The number of carbonyl (C=O) groups is 1. The van der Waals surface area contributed by atoms with Gasteiger partial charge in [0.1, 0.15) is 0 Å². The first kappa shape index (κ1) is 16.4. The maximum Gasteiger partial charge on any atom is 0.269 e. The summed E-state index contributed by atoms with van der Waals surface area (Å²) in [5.41, 5.74) is 1.62. The number of non-ortho nitro benzene ring substituents is 1. The lowest BCUT2D eigenvalue weighted by atomic mass is 9.90. The highest BCUT2D eigenvalue weighted by atomic mass is 16.6. The van der Waals surface area contributed by atoms with Crippen LogP contribution >= 0.6 is 0 Å². The molecule has 0 spiro atoms. The molecule has 2 heterocycles. The summed E-state index contributed by atoms with van der Waals surface area (Å²) >= 11 is 0. The minimum atomic E-state index is -0.469. The van der Waals surface area contributed by atoms with Crippen LogP contribution in [0.2, 0.25) is 0 Å². The summed E-state index contributed by atoms with van der Waals surface area (Å²) in [7, 11) is 0. The number of hydrogen-bond acceptors (Lipinski definition) is 4. The van der Waals surface area contributed by atoms with Crippen LogP contribution in [-0.2, 0) is 0 Å². The summed E-state index contributed by atoms with van der Waals surface area (Å²) in [6.45, 7) is 0. The van der Waals surface area contributed by atoms with E-state index in [2.05, 4.69) is 4.98 Å². The molecular weight excluding hydrogens is 322 g/mol. The number of hydrogen-bond donors (Lipinski definition) is 1. The Kier molecular flexibility index (Phi) is 4.56. The highest BCUT2D eigenvalue weighted by Gasteiger charge is 2.24. The van der Waals surface area contributed by atoms with Gasteiger partial charge >= 0.3 is 0 Å². The number of nitro groups is 1. The molecule has 0 bridgehead atoms. The fourth-order valence-electron chi connectivity index (χ4n) is 2.73. The molecule has 1 atom stereocenters. The molecule has 0 aliphatic heterocycles. The van der Waals surface area contributed by atoms with Crippen molar-refractivity contribution in [3.8, 4) is 0 Å². The molecule has 1 N–H and O–H groups in total. The molecule has 0 saturated carbocycles. The summed E-state index contributed by atoms with van der Waals surface area (Å²) in [6.07, 6.45) is 3.10. The van der Waals surface area contributed by atoms with Crippen molar-refractivity contribution in [3.63, 3.8) is 0 Å². The average Bonchev–Trinajstić information content (AvgIpc) is 3.14. The van der Waals surface area contributed by atoms with Crippen LogP contribution in [0.5, 0.6) is 0 Å². The van der Waals surface area contributed by atoms with Crippen molar-refractivity contribution in [1.29, 1.82) is 0 Å². The molecule has 0 fully saturated rings. The van der Waals surface area contributed by atoms with Crippen molar-refractivity contribution in [3.05, 3.63) is 99.3 Å². The van der Waals surface area contributed by atoms with Gasteiger partial charge in [0, 0.05) is 48.5 Å². The van der Waals surface area contributed by atoms with Gasteiger partial charge in [-0.25, -0.2) is 0 Å². The molecule has 3 aromatic rings. The van der Waals surface area contributed by atoms with Gasteiger partial charge in [0.05, 0.1) is 4.92 Å². The summed E-state index contributed by atoms with van der Waals surface area (Å²) in [5, 5.41) is 22.6. The van der Waals surface area contributed by atoms with Gasteiger partial charge in [0.25, 0.3) is 11.4 Å². The highest BCUT2D eigenvalue weighted by Crippen LogP contribution is 2.29. The number of H-pyrrole nitrogens is 1. The van der Waals surface area contributed by atoms with E-state index < -0.39 is 4.92 Å². The smallest absolute Gasteiger partial charge is 0.269 e. The Morgan fingerprint density at radius 2 is 1.88 bits per heavy atom. The van der Waals surface area contributed by atoms with Crippen LogP contribution in [-0.4, -0.2) is 15.7 Å². The number of rotatable bonds is 6. The van der Waals surface area contributed by atoms with Crippen LogP contribution in [0.15, 0.2) is 67.0 Å². The molecule has 0 aliphatic carbocycles. The van der Waals surface area contributed by atoms with Crippen LogP contribution < -0.4 is 4.73 Å². The lowest BCUT2D eigenvalue weighted by molar-refractivity contribution is -0.607. The van der Waals surface area contributed by atoms with E-state index >= 15 is 0 Å². The second kappa shape index (κ2) is 6.96. The Balaban J connectivity index is 1.92. The Morgan fingerprint density at radius 3 is 2.48 bits per heavy atom. The second-order valence-corrected chi connectivity index (χ2v) is 5.57. The number of aromatic amines is 1. The Morgan fingerprint density at radius 1 is 1.12 bits per heavy atom. The van der Waals surface area contributed by atoms with Gasteiger partial charge in [-0.05, 0) is 23.8 Å². The molecule has 0 aliphatic rings. The largest absolute Gasteiger partial charge is 0.618 e. The van der Waals surface area contributed by atoms with Gasteiger partial charge in [-0.3, -0.25) is 14.9 Å². The summed E-state index contributed by atoms with van der Waals surface area (Å²) in [4.78, 5) is 26.0. The topological polar surface area (TPSA) is 103 Å². The van der Waals surface area contributed by atoms with Gasteiger partial charge in [-0.1, -0.05) is 12.1 Å². The molecule has 0 unspecified atom stereocenters. The van der Waals surface area contributed by atoms with Crippen molar-refractivity contribution in [2.24, 2.45) is 0 Å². The minimum Gasteiger partial charge on any atom is -0.618 e. The van der Waals surface area contributed by atoms with Crippen LogP contribution in [0, 0.1) is 15.3 Å². The number of Topliss-reactive ketones (excluding diaryl/α,β-unsaturated/α-hetero) is 1. The number of nitrogens with one attached hydrogen (secondary N) is 1. The zero-order chi connectivity index (χ0) is 17.8. The molecule has 3 rings (SSSR count). The maximum absolute atomic E-state index is 12.6. The first-order valence-electron chi connectivity index (χ1n) is 7.65. The lowest BCUT2D eigenvalue weighted by Gasteiger charge is -2.15. The van der Waals surface area contributed by atoms with Crippen molar-refractivity contribution >= 4 is 11.5 Å². The summed E-state index contributed by atoms with van der Waals surface area (Å²) in [6, 6.07) is 14.4. The number of benzene rings is 1. The van der Waals surface area contributed by atoms with E-state index in [9.17, 15) is 20.1 Å². The molecule has 2 aromatic heterocycles. The number of carbonyl (C=O) groups excluding carboxylic acids is 1. The molecular formula is C18H15N3O4. The van der Waals surface area contributed by atoms with Crippen LogP contribution in [0.4, 0.5) is 5.69 Å². The number of nitrogens with zero attached hydrogens (tertiary/aromatic N) is 2. The molecule has 0 amide bonds. The lowest BCUT2D eigenvalue weighted by Crippen LogP contribution is -2.34. The third-order valence-electron chi connectivity index (χ3n) is 4.00. The standard InChI is InChI=1S/C18H15N3O4/c22-18(17-5-1-2-11-20(17)23)12-15(16-4-3-10-19-16)13-6-8-14(9-7-13)21(24)25/h1-11,15,19H,12H2/t15-/m1/s1. The van der Waals surface area contributed by atoms with Crippen LogP contribution in [0.25, 0.3) is 0 Å². The normalized spacial score (nSPS) is 11.8. The van der Waals surface area contributed by atoms with Gasteiger partial charge in [0.15, 0.2) is 6.20 Å². The van der Waals surface area contributed by atoms with E-state index in [0.717, 1.165) is 11.3 Å². The molecule has 0 radical (unpaired) electrons. The molecule has 0 saturated heterocycles. The number of pyridine rings is 1. The molecule has 7 nitrogen and oxygen atoms in total. The van der Waals surface area contributed by atoms with Crippen molar-refractivity contribution in [2.45, 2.75) is 12.3 Å². The molecule has 25 heavy (non-hydrogen) atoms. The van der Waals surface area contributed by atoms with E-state index in [0.29, 0.717) is 4.73 Å². The van der Waals surface area contributed by atoms with Gasteiger partial charge in [0.2, 0.25) is 5.78 Å². The van der Waals surface area contributed by atoms with E-state index in [1.165, 1.54) is 24.4 Å². The zero-order valence-electron chi connectivity index (χ0n) is 13.2. The predicted molar refractivity (Wildman–Crippen MR) is 90.1 cm³/mol. The monoisotopic (exact) mass is 337 g/mol. The fraction of sp³-hybridized carbons (Fsp3) is 0.111. The Bertz CT molecular complexity index is 889. The summed E-state index contributed by atoms with van der Waals surface area (Å²) in [5.74, 6) is -0.628. The third kappa shape index (κ3) is 3.55. The molecule has 1 aromatic carbocycles. The number of nitro benzene ring substituents is 1. The Labute approximate surface area is 143 Å². The van der Waals surface area contributed by atoms with E-state index in [4.69, 9.17) is 0 Å². The van der Waals surface area contributed by atoms with Crippen molar-refractivity contribution < 1.29 is 14.4 Å². The minimum absolute atomic E-state index is 0.0132. The Hall–Kier alpha value is -3.48. The second-order valence-electron chi connectivity index (χ2n) is 5.57. The molecule has 7 heteroatoms. The fourth-order valence-corrected chi connectivity index (χ4v) is 2.73. The zero-order valence-corrected chi connectivity index (χ0v) is 13.2. The average molecular weight is 337 g/mol. The van der Waals surface area contributed by atoms with Gasteiger partial charge in [-0.15, -0.1) is 0 Å². The van der Waals surface area contributed by atoms with Crippen molar-refractivity contribution in [1.82, 2.24) is 4.98 Å². The predicted octanol–water partition coefficient (Wildman–Crippen LogP) is 2.96. The number of aromatic nitrogens is 2. The number of ketones is 1. The van der Waals surface area contributed by atoms with Gasteiger partial charge < -0.3 is 10.2 Å². The SMILES string of the molecule is O=C(C[C@H](c1ccc([N+](=O)[O-])cc1)c1ccc[nH]1)c1cccc[n+]1[O-].